The van der Waals surface area contributed by atoms with Crippen molar-refractivity contribution in [3.63, 3.8) is 0 Å². The predicted octanol–water partition coefficient (Wildman–Crippen LogP) is 1.65. The lowest BCUT2D eigenvalue weighted by Gasteiger charge is -2.10. The van der Waals surface area contributed by atoms with Crippen LogP contribution < -0.4 is 5.32 Å². The molecule has 122 valence electrons. The van der Waals surface area contributed by atoms with E-state index in [1.54, 1.807) is 23.3 Å². The first kappa shape index (κ1) is 15.8. The first-order chi connectivity index (χ1) is 11.6. The molecule has 0 aliphatic carbocycles. The SMILES string of the molecule is Cc1cc(C)nc(CCNC(=O)c2ccccc2-n2cnnc2)n1. The maximum absolute atomic E-state index is 12.5. The second-order valence-corrected chi connectivity index (χ2v) is 5.46. The van der Waals surface area contributed by atoms with Crippen LogP contribution in [0, 0.1) is 13.8 Å². The molecule has 3 aromatic rings. The monoisotopic (exact) mass is 322 g/mol. The Morgan fingerprint density at radius 3 is 2.46 bits per heavy atom. The normalized spacial score (nSPS) is 10.6. The summed E-state index contributed by atoms with van der Waals surface area (Å²) in [5.74, 6) is 0.587. The lowest BCUT2D eigenvalue weighted by Crippen LogP contribution is -2.27. The molecule has 0 spiro atoms. The molecular formula is C17H18N6O. The number of benzene rings is 1. The number of nitrogens with one attached hydrogen (secondary N) is 1. The van der Waals surface area contributed by atoms with Gasteiger partial charge in [0.1, 0.15) is 18.5 Å². The summed E-state index contributed by atoms with van der Waals surface area (Å²) < 4.78 is 1.71. The molecule has 3 rings (SSSR count). The Balaban J connectivity index is 1.68. The number of amides is 1. The molecule has 0 radical (unpaired) electrons. The van der Waals surface area contributed by atoms with Crippen molar-refractivity contribution in [2.45, 2.75) is 20.3 Å². The molecule has 2 aromatic heterocycles. The van der Waals surface area contributed by atoms with Crippen molar-refractivity contribution < 1.29 is 4.79 Å². The minimum absolute atomic E-state index is 0.149. The van der Waals surface area contributed by atoms with Gasteiger partial charge in [0.25, 0.3) is 5.91 Å². The molecule has 0 bridgehead atoms. The van der Waals surface area contributed by atoms with E-state index in [2.05, 4.69) is 25.5 Å². The second kappa shape index (κ2) is 6.99. The molecule has 0 aliphatic heterocycles. The highest BCUT2D eigenvalue weighted by molar-refractivity contribution is 5.97. The Hall–Kier alpha value is -3.09. The van der Waals surface area contributed by atoms with Crippen LogP contribution in [-0.4, -0.2) is 37.2 Å². The van der Waals surface area contributed by atoms with E-state index in [0.29, 0.717) is 18.5 Å². The van der Waals surface area contributed by atoms with Crippen molar-refractivity contribution in [1.82, 2.24) is 30.0 Å². The molecule has 7 nitrogen and oxygen atoms in total. The van der Waals surface area contributed by atoms with Gasteiger partial charge in [-0.25, -0.2) is 9.97 Å². The Labute approximate surface area is 139 Å². The van der Waals surface area contributed by atoms with Gasteiger partial charge in [-0.1, -0.05) is 12.1 Å². The van der Waals surface area contributed by atoms with Crippen LogP contribution in [0.1, 0.15) is 27.6 Å². The summed E-state index contributed by atoms with van der Waals surface area (Å²) in [6, 6.07) is 9.26. The summed E-state index contributed by atoms with van der Waals surface area (Å²) in [7, 11) is 0. The molecule has 0 saturated carbocycles. The van der Waals surface area contributed by atoms with Crippen molar-refractivity contribution in [3.8, 4) is 5.69 Å². The quantitative estimate of drug-likeness (QED) is 0.772. The number of carbonyl (C=O) groups excluding carboxylic acids is 1. The molecule has 0 unspecified atom stereocenters. The highest BCUT2D eigenvalue weighted by atomic mass is 16.1. The minimum Gasteiger partial charge on any atom is -0.352 e. The Morgan fingerprint density at radius 2 is 1.75 bits per heavy atom. The number of aromatic nitrogens is 5. The number of hydrogen-bond acceptors (Lipinski definition) is 5. The van der Waals surface area contributed by atoms with Crippen molar-refractivity contribution in [3.05, 3.63) is 65.8 Å². The fraction of sp³-hybridized carbons (Fsp3) is 0.235. The Kier molecular flexibility index (Phi) is 4.60. The van der Waals surface area contributed by atoms with Gasteiger partial charge >= 0.3 is 0 Å². The number of para-hydroxylation sites is 1. The number of rotatable bonds is 5. The van der Waals surface area contributed by atoms with Crippen molar-refractivity contribution in [1.29, 1.82) is 0 Å². The lowest BCUT2D eigenvalue weighted by atomic mass is 10.1. The third-order valence-corrected chi connectivity index (χ3v) is 3.51. The van der Waals surface area contributed by atoms with Crippen LogP contribution in [0.2, 0.25) is 0 Å². The molecular weight excluding hydrogens is 304 g/mol. The first-order valence-corrected chi connectivity index (χ1v) is 7.67. The molecule has 0 fully saturated rings. The van der Waals surface area contributed by atoms with E-state index in [1.807, 2.05) is 38.1 Å². The lowest BCUT2D eigenvalue weighted by molar-refractivity contribution is 0.0954. The fourth-order valence-electron chi connectivity index (χ4n) is 2.51. The molecule has 0 atom stereocenters. The zero-order valence-corrected chi connectivity index (χ0v) is 13.6. The minimum atomic E-state index is -0.149. The van der Waals surface area contributed by atoms with E-state index in [4.69, 9.17) is 0 Å². The summed E-state index contributed by atoms with van der Waals surface area (Å²) in [6.45, 7) is 4.34. The smallest absolute Gasteiger partial charge is 0.253 e. The number of aryl methyl sites for hydroxylation is 2. The van der Waals surface area contributed by atoms with Crippen LogP contribution in [0.25, 0.3) is 5.69 Å². The van der Waals surface area contributed by atoms with Gasteiger partial charge in [-0.2, -0.15) is 0 Å². The molecule has 1 N–H and O–H groups in total. The molecule has 1 amide bonds. The van der Waals surface area contributed by atoms with Gasteiger partial charge in [0.2, 0.25) is 0 Å². The third-order valence-electron chi connectivity index (χ3n) is 3.51. The highest BCUT2D eigenvalue weighted by Gasteiger charge is 2.12. The Bertz CT molecular complexity index is 824. The van der Waals surface area contributed by atoms with E-state index >= 15 is 0 Å². The molecule has 0 saturated heterocycles. The summed E-state index contributed by atoms with van der Waals surface area (Å²) in [5, 5.41) is 10.5. The molecule has 0 aliphatic rings. The Morgan fingerprint density at radius 1 is 1.08 bits per heavy atom. The second-order valence-electron chi connectivity index (χ2n) is 5.46. The fourth-order valence-corrected chi connectivity index (χ4v) is 2.51. The maximum atomic E-state index is 12.5. The van der Waals surface area contributed by atoms with Gasteiger partial charge in [-0.15, -0.1) is 10.2 Å². The van der Waals surface area contributed by atoms with Gasteiger partial charge in [0.05, 0.1) is 11.3 Å². The van der Waals surface area contributed by atoms with Gasteiger partial charge in [-0.3, -0.25) is 9.36 Å². The van der Waals surface area contributed by atoms with E-state index in [1.165, 1.54) is 0 Å². The van der Waals surface area contributed by atoms with Crippen LogP contribution in [-0.2, 0) is 6.42 Å². The van der Waals surface area contributed by atoms with Crippen molar-refractivity contribution in [2.75, 3.05) is 6.54 Å². The van der Waals surface area contributed by atoms with Crippen molar-refractivity contribution >= 4 is 5.91 Å². The maximum Gasteiger partial charge on any atom is 0.253 e. The molecule has 2 heterocycles. The average molecular weight is 322 g/mol. The molecule has 24 heavy (non-hydrogen) atoms. The standard InChI is InChI=1S/C17H18N6O/c1-12-9-13(2)22-16(21-12)7-8-18-17(24)14-5-3-4-6-15(14)23-10-19-20-11-23/h3-6,9-11H,7-8H2,1-2H3,(H,18,24). The third kappa shape index (κ3) is 3.62. The number of carbonyl (C=O) groups is 1. The van der Waals surface area contributed by atoms with Crippen LogP contribution in [0.4, 0.5) is 0 Å². The van der Waals surface area contributed by atoms with Crippen molar-refractivity contribution in [2.24, 2.45) is 0 Å². The molecule has 7 heteroatoms. The van der Waals surface area contributed by atoms with Gasteiger partial charge in [0.15, 0.2) is 0 Å². The number of hydrogen-bond donors (Lipinski definition) is 1. The van der Waals surface area contributed by atoms with E-state index in [-0.39, 0.29) is 5.91 Å². The zero-order valence-electron chi connectivity index (χ0n) is 13.6. The van der Waals surface area contributed by atoms with E-state index in [9.17, 15) is 4.79 Å². The van der Waals surface area contributed by atoms with Gasteiger partial charge < -0.3 is 5.32 Å². The van der Waals surface area contributed by atoms with Gasteiger partial charge in [0, 0.05) is 24.4 Å². The summed E-state index contributed by atoms with van der Waals surface area (Å²) >= 11 is 0. The van der Waals surface area contributed by atoms with Crippen LogP contribution >= 0.6 is 0 Å². The largest absolute Gasteiger partial charge is 0.352 e. The average Bonchev–Trinajstić information content (AvgIpc) is 3.08. The zero-order chi connectivity index (χ0) is 16.9. The van der Waals surface area contributed by atoms with E-state index < -0.39 is 0 Å². The van der Waals surface area contributed by atoms with Crippen LogP contribution in [0.3, 0.4) is 0 Å². The van der Waals surface area contributed by atoms with Crippen LogP contribution in [0.5, 0.6) is 0 Å². The van der Waals surface area contributed by atoms with E-state index in [0.717, 1.165) is 22.9 Å². The molecule has 1 aromatic carbocycles. The summed E-state index contributed by atoms with van der Waals surface area (Å²) in [4.78, 5) is 21.2. The summed E-state index contributed by atoms with van der Waals surface area (Å²) in [5.41, 5.74) is 3.17. The summed E-state index contributed by atoms with van der Waals surface area (Å²) in [6.07, 6.45) is 3.72. The van der Waals surface area contributed by atoms with Gasteiger partial charge in [-0.05, 0) is 32.0 Å². The van der Waals surface area contributed by atoms with Crippen LogP contribution in [0.15, 0.2) is 43.0 Å². The predicted molar refractivity (Wildman–Crippen MR) is 88.9 cm³/mol. The number of nitrogens with zero attached hydrogens (tertiary/aromatic N) is 5. The highest BCUT2D eigenvalue weighted by Crippen LogP contribution is 2.13. The topological polar surface area (TPSA) is 85.6 Å². The first-order valence-electron chi connectivity index (χ1n) is 7.67.